The Kier molecular flexibility index (Phi) is 17.2. The first-order chi connectivity index (χ1) is 23.5. The summed E-state index contributed by atoms with van der Waals surface area (Å²) in [5.41, 5.74) is 11.6. The average Bonchev–Trinajstić information content (AvgIpc) is 3.63. The molecule has 1 heterocycles. The molecule has 1 saturated heterocycles. The number of nitrogens with two attached hydrogens (primary N) is 2. The Morgan fingerprint density at radius 3 is 2.10 bits per heavy atom. The standard InChI is InChI=1S/C35H64N8O6/c1-5-12-29-33(46)41-30(26-15-7-6-8-16-26)34(47)39-27(19-37)32(45)40-28(22-49-18-11-17-36)31(44)38-20-23(2)43(21-25-13-9-10-14-25)24(3)35(48)42(29)4/h23-30H,5-22,36-37H2,1-4H3,(H,38,44)(H,39,47)(H,40,45)(H,41,46)/t23-,24-,27-,28-,29-,30-/m0/s1. The molecule has 3 rings (SSSR count). The van der Waals surface area contributed by atoms with Gasteiger partial charge in [-0.15, -0.1) is 0 Å². The third-order valence-corrected chi connectivity index (χ3v) is 10.6. The Morgan fingerprint density at radius 1 is 0.816 bits per heavy atom. The highest BCUT2D eigenvalue weighted by Gasteiger charge is 2.39. The molecule has 1 aliphatic heterocycles. The lowest BCUT2D eigenvalue weighted by Crippen LogP contribution is -2.63. The first-order valence-electron chi connectivity index (χ1n) is 18.7. The topological polar surface area (TPSA) is 201 Å². The van der Waals surface area contributed by atoms with Gasteiger partial charge in [-0.2, -0.15) is 0 Å². The summed E-state index contributed by atoms with van der Waals surface area (Å²) in [5.74, 6) is -1.85. The fraction of sp³-hybridized carbons (Fsp3) is 0.857. The molecule has 0 spiro atoms. The number of hydrogen-bond donors (Lipinski definition) is 6. The van der Waals surface area contributed by atoms with E-state index in [2.05, 4.69) is 26.2 Å². The molecule has 0 aromatic heterocycles. The molecule has 3 aliphatic rings. The van der Waals surface area contributed by atoms with Crippen molar-refractivity contribution in [3.8, 4) is 0 Å². The van der Waals surface area contributed by atoms with E-state index in [1.807, 2.05) is 20.8 Å². The molecule has 14 heteroatoms. The number of ether oxygens (including phenoxy) is 1. The molecule has 280 valence electrons. The Labute approximate surface area is 292 Å². The van der Waals surface area contributed by atoms with Crippen LogP contribution in [-0.2, 0) is 28.7 Å². The van der Waals surface area contributed by atoms with Crippen molar-refractivity contribution >= 4 is 29.5 Å². The first-order valence-corrected chi connectivity index (χ1v) is 18.7. The van der Waals surface area contributed by atoms with Crippen LogP contribution in [0.15, 0.2) is 0 Å². The molecular weight excluding hydrogens is 628 g/mol. The summed E-state index contributed by atoms with van der Waals surface area (Å²) in [7, 11) is 1.66. The zero-order valence-corrected chi connectivity index (χ0v) is 30.3. The van der Waals surface area contributed by atoms with Crippen molar-refractivity contribution in [3.05, 3.63) is 0 Å². The molecule has 0 radical (unpaired) electrons. The van der Waals surface area contributed by atoms with Gasteiger partial charge in [0.1, 0.15) is 24.2 Å². The van der Waals surface area contributed by atoms with Gasteiger partial charge in [0.15, 0.2) is 0 Å². The van der Waals surface area contributed by atoms with Gasteiger partial charge in [0, 0.05) is 39.3 Å². The molecule has 2 aliphatic carbocycles. The molecule has 0 unspecified atom stereocenters. The number of amides is 5. The molecule has 0 aromatic carbocycles. The minimum atomic E-state index is -1.15. The summed E-state index contributed by atoms with van der Waals surface area (Å²) >= 11 is 0. The van der Waals surface area contributed by atoms with Gasteiger partial charge >= 0.3 is 0 Å². The molecule has 2 saturated carbocycles. The van der Waals surface area contributed by atoms with Gasteiger partial charge in [0.25, 0.3) is 0 Å². The SMILES string of the molecule is CCC[C@H]1C(=O)N[C@@H](C2CCCCC2)C(=O)N[C@@H](CN)C(=O)N[C@@H](COCCCN)C(=O)NC[C@H](C)N(CC2CCCC2)[C@@H](C)C(=O)N1C. The van der Waals surface area contributed by atoms with E-state index in [-0.39, 0.29) is 43.5 Å². The largest absolute Gasteiger partial charge is 0.379 e. The normalized spacial score (nSPS) is 29.9. The predicted molar refractivity (Wildman–Crippen MR) is 188 cm³/mol. The van der Waals surface area contributed by atoms with Crippen LogP contribution in [0.2, 0.25) is 0 Å². The number of carbonyl (C=O) groups is 5. The number of rotatable bonds is 11. The summed E-state index contributed by atoms with van der Waals surface area (Å²) in [6, 6.07) is -4.69. The van der Waals surface area contributed by atoms with E-state index in [1.165, 1.54) is 4.90 Å². The molecule has 6 atom stereocenters. The average molecular weight is 693 g/mol. The van der Waals surface area contributed by atoms with Crippen LogP contribution in [0.25, 0.3) is 0 Å². The van der Waals surface area contributed by atoms with Gasteiger partial charge in [-0.25, -0.2) is 0 Å². The minimum Gasteiger partial charge on any atom is -0.379 e. The summed E-state index contributed by atoms with van der Waals surface area (Å²) < 4.78 is 5.69. The Morgan fingerprint density at radius 2 is 1.47 bits per heavy atom. The van der Waals surface area contributed by atoms with Crippen LogP contribution in [0.5, 0.6) is 0 Å². The first kappa shape index (κ1) is 40.6. The monoisotopic (exact) mass is 692 g/mol. The number of nitrogens with zero attached hydrogens (tertiary/aromatic N) is 2. The Balaban J connectivity index is 2.00. The highest BCUT2D eigenvalue weighted by atomic mass is 16.5. The van der Waals surface area contributed by atoms with Crippen LogP contribution >= 0.6 is 0 Å². The number of nitrogens with one attached hydrogen (secondary N) is 4. The van der Waals surface area contributed by atoms with Gasteiger partial charge in [-0.1, -0.05) is 45.4 Å². The van der Waals surface area contributed by atoms with Crippen molar-refractivity contribution in [3.63, 3.8) is 0 Å². The van der Waals surface area contributed by atoms with Crippen molar-refractivity contribution in [1.82, 2.24) is 31.1 Å². The van der Waals surface area contributed by atoms with Gasteiger partial charge in [0.05, 0.1) is 12.6 Å². The number of carbonyl (C=O) groups excluding carboxylic acids is 5. The molecule has 0 aromatic rings. The molecule has 8 N–H and O–H groups in total. The smallest absolute Gasteiger partial charge is 0.245 e. The third kappa shape index (κ3) is 11.9. The fourth-order valence-electron chi connectivity index (χ4n) is 7.51. The van der Waals surface area contributed by atoms with Gasteiger partial charge in [0.2, 0.25) is 29.5 Å². The van der Waals surface area contributed by atoms with Crippen molar-refractivity contribution in [2.75, 3.05) is 46.4 Å². The van der Waals surface area contributed by atoms with Gasteiger partial charge in [-0.3, -0.25) is 28.9 Å². The van der Waals surface area contributed by atoms with Crippen LogP contribution < -0.4 is 32.7 Å². The van der Waals surface area contributed by atoms with E-state index in [0.717, 1.165) is 57.8 Å². The summed E-state index contributed by atoms with van der Waals surface area (Å²) in [4.78, 5) is 72.9. The lowest BCUT2D eigenvalue weighted by molar-refractivity contribution is -0.145. The summed E-state index contributed by atoms with van der Waals surface area (Å²) in [5, 5.41) is 11.5. The lowest BCUT2D eigenvalue weighted by Gasteiger charge is -2.39. The van der Waals surface area contributed by atoms with Crippen LogP contribution in [-0.4, -0.2) is 122 Å². The maximum Gasteiger partial charge on any atom is 0.245 e. The second-order valence-corrected chi connectivity index (χ2v) is 14.3. The van der Waals surface area contributed by atoms with Crippen LogP contribution in [0.3, 0.4) is 0 Å². The van der Waals surface area contributed by atoms with E-state index >= 15 is 0 Å². The minimum absolute atomic E-state index is 0.0950. The molecule has 49 heavy (non-hydrogen) atoms. The Hall–Kier alpha value is -2.81. The lowest BCUT2D eigenvalue weighted by atomic mass is 9.83. The highest BCUT2D eigenvalue weighted by molar-refractivity contribution is 5.96. The van der Waals surface area contributed by atoms with Crippen LogP contribution in [0, 0.1) is 11.8 Å². The number of likely N-dealkylation sites (N-methyl/N-ethyl adjacent to an activating group) is 1. The van der Waals surface area contributed by atoms with E-state index in [0.29, 0.717) is 44.9 Å². The maximum atomic E-state index is 14.2. The molecule has 5 amide bonds. The van der Waals surface area contributed by atoms with Gasteiger partial charge in [-0.05, 0) is 70.8 Å². The zero-order chi connectivity index (χ0) is 35.9. The van der Waals surface area contributed by atoms with Crippen molar-refractivity contribution in [1.29, 1.82) is 0 Å². The molecule has 0 bridgehead atoms. The van der Waals surface area contributed by atoms with E-state index in [4.69, 9.17) is 16.2 Å². The molecular formula is C35H64N8O6. The maximum absolute atomic E-state index is 14.2. The Bertz CT molecular complexity index is 1080. The fourth-order valence-corrected chi connectivity index (χ4v) is 7.51. The quantitative estimate of drug-likeness (QED) is 0.166. The third-order valence-electron chi connectivity index (χ3n) is 10.6. The van der Waals surface area contributed by atoms with Crippen LogP contribution in [0.1, 0.15) is 97.8 Å². The number of hydrogen-bond acceptors (Lipinski definition) is 9. The van der Waals surface area contributed by atoms with Crippen molar-refractivity contribution < 1.29 is 28.7 Å². The van der Waals surface area contributed by atoms with Gasteiger partial charge < -0.3 is 42.4 Å². The van der Waals surface area contributed by atoms with Crippen LogP contribution in [0.4, 0.5) is 0 Å². The van der Waals surface area contributed by atoms with Crippen molar-refractivity contribution in [2.45, 2.75) is 134 Å². The van der Waals surface area contributed by atoms with E-state index in [9.17, 15) is 24.0 Å². The van der Waals surface area contributed by atoms with E-state index < -0.39 is 47.9 Å². The van der Waals surface area contributed by atoms with E-state index in [1.54, 1.807) is 7.05 Å². The molecule has 3 fully saturated rings. The molecule has 14 nitrogen and oxygen atoms in total. The summed E-state index contributed by atoms with van der Waals surface area (Å²) in [6.45, 7) is 7.14. The van der Waals surface area contributed by atoms with Crippen molar-refractivity contribution in [2.24, 2.45) is 23.3 Å². The summed E-state index contributed by atoms with van der Waals surface area (Å²) in [6.07, 6.45) is 10.5. The second kappa shape index (κ2) is 20.8. The second-order valence-electron chi connectivity index (χ2n) is 14.3. The highest BCUT2D eigenvalue weighted by Crippen LogP contribution is 2.29. The zero-order valence-electron chi connectivity index (χ0n) is 30.3. The predicted octanol–water partition coefficient (Wildman–Crippen LogP) is 0.371.